The smallest absolute Gasteiger partial charge is 0.254 e. The van der Waals surface area contributed by atoms with Crippen molar-refractivity contribution in [1.29, 1.82) is 0 Å². The third kappa shape index (κ3) is 5.25. The largest absolute Gasteiger partial charge is 0.353 e. The number of carbonyl (C=O) groups is 2. The molecule has 2 aliphatic heterocycles. The second-order valence-corrected chi connectivity index (χ2v) is 11.4. The van der Waals surface area contributed by atoms with Crippen LogP contribution in [0.3, 0.4) is 0 Å². The summed E-state index contributed by atoms with van der Waals surface area (Å²) in [5, 5.41) is 5.43. The first-order valence-corrected chi connectivity index (χ1v) is 13.9. The number of fused-ring (bicyclic) bond motifs is 1. The third-order valence-electron chi connectivity index (χ3n) is 7.30. The molecule has 0 saturated carbocycles. The SMILES string of the molecule is CC(C)CN1C(=O)c2ccccc2C(C(=O)NC2CCN(Cc3ccccc3)CC2)C1c1cccs1. The minimum atomic E-state index is -0.418. The van der Waals surface area contributed by atoms with Gasteiger partial charge in [0.05, 0.1) is 12.0 Å². The third-order valence-corrected chi connectivity index (χ3v) is 8.24. The molecule has 5 nitrogen and oxygen atoms in total. The molecule has 1 saturated heterocycles. The quantitative estimate of drug-likeness (QED) is 0.467. The molecule has 2 amide bonds. The highest BCUT2D eigenvalue weighted by Gasteiger charge is 2.45. The zero-order valence-corrected chi connectivity index (χ0v) is 21.9. The molecule has 188 valence electrons. The topological polar surface area (TPSA) is 52.7 Å². The Morgan fingerprint density at radius 2 is 1.72 bits per heavy atom. The molecule has 2 unspecified atom stereocenters. The van der Waals surface area contributed by atoms with Crippen molar-refractivity contribution in [3.8, 4) is 0 Å². The lowest BCUT2D eigenvalue weighted by Gasteiger charge is -2.42. The van der Waals surface area contributed by atoms with Crippen molar-refractivity contribution >= 4 is 23.2 Å². The van der Waals surface area contributed by atoms with Crippen molar-refractivity contribution in [2.24, 2.45) is 5.92 Å². The van der Waals surface area contributed by atoms with E-state index in [2.05, 4.69) is 54.4 Å². The van der Waals surface area contributed by atoms with Crippen LogP contribution in [0.15, 0.2) is 72.1 Å². The van der Waals surface area contributed by atoms with E-state index in [1.165, 1.54) is 5.56 Å². The fourth-order valence-corrected chi connectivity index (χ4v) is 6.49. The maximum atomic E-state index is 14.0. The van der Waals surface area contributed by atoms with Crippen molar-refractivity contribution in [3.63, 3.8) is 0 Å². The number of thiophene rings is 1. The highest BCUT2D eigenvalue weighted by molar-refractivity contribution is 7.10. The summed E-state index contributed by atoms with van der Waals surface area (Å²) in [5.74, 6) is -0.0578. The van der Waals surface area contributed by atoms with Crippen molar-refractivity contribution in [2.75, 3.05) is 19.6 Å². The lowest BCUT2D eigenvalue weighted by Crippen LogP contribution is -2.51. The van der Waals surface area contributed by atoms with E-state index < -0.39 is 5.92 Å². The minimum Gasteiger partial charge on any atom is -0.353 e. The van der Waals surface area contributed by atoms with E-state index in [9.17, 15) is 9.59 Å². The van der Waals surface area contributed by atoms with Crippen LogP contribution >= 0.6 is 11.3 Å². The molecule has 0 radical (unpaired) electrons. The van der Waals surface area contributed by atoms with E-state index in [0.29, 0.717) is 18.0 Å². The normalized spacial score (nSPS) is 21.0. The van der Waals surface area contributed by atoms with E-state index >= 15 is 0 Å². The summed E-state index contributed by atoms with van der Waals surface area (Å²) in [6.45, 7) is 7.75. The lowest BCUT2D eigenvalue weighted by atomic mass is 9.80. The zero-order valence-electron chi connectivity index (χ0n) is 21.1. The van der Waals surface area contributed by atoms with Gasteiger partial charge in [0.15, 0.2) is 0 Å². The number of carbonyl (C=O) groups excluding carboxylic acids is 2. The van der Waals surface area contributed by atoms with Crippen molar-refractivity contribution in [1.82, 2.24) is 15.1 Å². The summed E-state index contributed by atoms with van der Waals surface area (Å²) in [6, 6.07) is 22.2. The summed E-state index contributed by atoms with van der Waals surface area (Å²) in [5.41, 5.74) is 2.83. The van der Waals surface area contributed by atoms with Crippen LogP contribution < -0.4 is 5.32 Å². The molecule has 2 atom stereocenters. The number of nitrogens with one attached hydrogen (secondary N) is 1. The fraction of sp³-hybridized carbons (Fsp3) is 0.400. The fourth-order valence-electron chi connectivity index (χ4n) is 5.61. The Morgan fingerprint density at radius 1 is 1.00 bits per heavy atom. The van der Waals surface area contributed by atoms with Crippen molar-refractivity contribution in [3.05, 3.63) is 93.7 Å². The van der Waals surface area contributed by atoms with Gasteiger partial charge >= 0.3 is 0 Å². The molecule has 1 fully saturated rings. The van der Waals surface area contributed by atoms with Crippen LogP contribution in [0.4, 0.5) is 0 Å². The summed E-state index contributed by atoms with van der Waals surface area (Å²) in [6.07, 6.45) is 1.87. The molecular weight excluding hydrogens is 466 g/mol. The molecule has 36 heavy (non-hydrogen) atoms. The number of rotatable bonds is 7. The zero-order chi connectivity index (χ0) is 25.1. The molecule has 1 aromatic heterocycles. The molecule has 3 aromatic rings. The van der Waals surface area contributed by atoms with E-state index in [-0.39, 0.29) is 23.9 Å². The average molecular weight is 502 g/mol. The van der Waals surface area contributed by atoms with Crippen LogP contribution in [0.2, 0.25) is 0 Å². The second-order valence-electron chi connectivity index (χ2n) is 10.4. The predicted octanol–water partition coefficient (Wildman–Crippen LogP) is 5.47. The van der Waals surface area contributed by atoms with Gasteiger partial charge in [0, 0.05) is 42.7 Å². The molecule has 1 N–H and O–H groups in total. The number of amides is 2. The summed E-state index contributed by atoms with van der Waals surface area (Å²) >= 11 is 1.62. The number of likely N-dealkylation sites (tertiary alicyclic amines) is 1. The molecular formula is C30H35N3O2S. The first kappa shape index (κ1) is 24.7. The van der Waals surface area contributed by atoms with E-state index in [0.717, 1.165) is 42.9 Å². The molecule has 0 bridgehead atoms. The molecule has 3 heterocycles. The van der Waals surface area contributed by atoms with Gasteiger partial charge in [-0.1, -0.05) is 68.4 Å². The molecule has 6 heteroatoms. The number of nitrogens with zero attached hydrogens (tertiary/aromatic N) is 2. The predicted molar refractivity (Wildman–Crippen MR) is 145 cm³/mol. The molecule has 0 spiro atoms. The standard InChI is InChI=1S/C30H35N3O2S/c1-21(2)19-33-28(26-13-8-18-36-26)27(24-11-6-7-12-25(24)30(33)35)29(34)31-23-14-16-32(17-15-23)20-22-9-4-3-5-10-22/h3-13,18,21,23,27-28H,14-17,19-20H2,1-2H3,(H,31,34). The highest BCUT2D eigenvalue weighted by atomic mass is 32.1. The highest BCUT2D eigenvalue weighted by Crippen LogP contribution is 2.44. The van der Waals surface area contributed by atoms with Crippen molar-refractivity contribution in [2.45, 2.75) is 51.2 Å². The summed E-state index contributed by atoms with van der Waals surface area (Å²) in [7, 11) is 0. The number of hydrogen-bond acceptors (Lipinski definition) is 4. The van der Waals surface area contributed by atoms with Gasteiger partial charge in [0.1, 0.15) is 0 Å². The van der Waals surface area contributed by atoms with Gasteiger partial charge in [-0.15, -0.1) is 11.3 Å². The Balaban J connectivity index is 1.36. The van der Waals surface area contributed by atoms with Gasteiger partial charge in [-0.05, 0) is 47.4 Å². The van der Waals surface area contributed by atoms with Gasteiger partial charge in [-0.25, -0.2) is 0 Å². The first-order chi connectivity index (χ1) is 17.5. The monoisotopic (exact) mass is 501 g/mol. The lowest BCUT2D eigenvalue weighted by molar-refractivity contribution is -0.125. The maximum absolute atomic E-state index is 14.0. The number of piperidine rings is 1. The van der Waals surface area contributed by atoms with Gasteiger partial charge in [-0.3, -0.25) is 14.5 Å². The van der Waals surface area contributed by atoms with E-state index in [1.807, 2.05) is 46.7 Å². The Hall–Kier alpha value is -2.96. The van der Waals surface area contributed by atoms with Gasteiger partial charge in [-0.2, -0.15) is 0 Å². The van der Waals surface area contributed by atoms with Crippen LogP contribution in [0.25, 0.3) is 0 Å². The Bertz CT molecular complexity index is 1170. The molecule has 2 aliphatic rings. The Kier molecular flexibility index (Phi) is 7.54. The second kappa shape index (κ2) is 11.0. The van der Waals surface area contributed by atoms with Crippen LogP contribution in [0.5, 0.6) is 0 Å². The molecule has 5 rings (SSSR count). The van der Waals surface area contributed by atoms with Crippen LogP contribution in [0.1, 0.15) is 65.0 Å². The van der Waals surface area contributed by atoms with E-state index in [4.69, 9.17) is 0 Å². The van der Waals surface area contributed by atoms with Gasteiger partial charge in [0.25, 0.3) is 5.91 Å². The molecule has 2 aromatic carbocycles. The van der Waals surface area contributed by atoms with Crippen LogP contribution in [-0.4, -0.2) is 47.3 Å². The Labute approximate surface area is 218 Å². The summed E-state index contributed by atoms with van der Waals surface area (Å²) in [4.78, 5) is 33.0. The Morgan fingerprint density at radius 3 is 2.42 bits per heavy atom. The van der Waals surface area contributed by atoms with E-state index in [1.54, 1.807) is 11.3 Å². The van der Waals surface area contributed by atoms with Gasteiger partial charge < -0.3 is 10.2 Å². The number of benzene rings is 2. The van der Waals surface area contributed by atoms with Crippen LogP contribution in [-0.2, 0) is 11.3 Å². The summed E-state index contributed by atoms with van der Waals surface area (Å²) < 4.78 is 0. The van der Waals surface area contributed by atoms with Crippen molar-refractivity contribution < 1.29 is 9.59 Å². The average Bonchev–Trinajstić information content (AvgIpc) is 3.42. The minimum absolute atomic E-state index is 0.0240. The molecule has 0 aliphatic carbocycles. The van der Waals surface area contributed by atoms with Crippen LogP contribution in [0, 0.1) is 5.92 Å². The first-order valence-electron chi connectivity index (χ1n) is 13.0. The van der Waals surface area contributed by atoms with Gasteiger partial charge in [0.2, 0.25) is 5.91 Å². The number of hydrogen-bond donors (Lipinski definition) is 1. The maximum Gasteiger partial charge on any atom is 0.254 e.